The van der Waals surface area contributed by atoms with Gasteiger partial charge in [0.1, 0.15) is 0 Å². The molecule has 30 heavy (non-hydrogen) atoms. The molecular formula is C23H23N3O2S2. The van der Waals surface area contributed by atoms with Gasteiger partial charge in [-0.3, -0.25) is 14.2 Å². The minimum atomic E-state index is -0.121. The first-order valence-corrected chi connectivity index (χ1v) is 11.9. The molecule has 0 unspecified atom stereocenters. The van der Waals surface area contributed by atoms with Crippen molar-refractivity contribution in [3.05, 3.63) is 75.7 Å². The summed E-state index contributed by atoms with van der Waals surface area (Å²) in [5.41, 5.74) is 4.68. The number of amides is 1. The van der Waals surface area contributed by atoms with Crippen LogP contribution in [-0.2, 0) is 17.6 Å². The SMILES string of the molecule is CCc1ccc(NC(=O)CSc2nc3c(c(=O)n2-c2ccc(C)cc2)SCC3)cc1. The number of fused-ring (bicyclic) bond motifs is 1. The third-order valence-corrected chi connectivity index (χ3v) is 6.98. The summed E-state index contributed by atoms with van der Waals surface area (Å²) in [4.78, 5) is 31.1. The van der Waals surface area contributed by atoms with Gasteiger partial charge in [-0.25, -0.2) is 4.98 Å². The Morgan fingerprint density at radius 2 is 1.90 bits per heavy atom. The lowest BCUT2D eigenvalue weighted by molar-refractivity contribution is -0.113. The van der Waals surface area contributed by atoms with Crippen molar-refractivity contribution in [3.63, 3.8) is 0 Å². The maximum atomic E-state index is 13.2. The topological polar surface area (TPSA) is 64.0 Å². The maximum Gasteiger partial charge on any atom is 0.272 e. The molecule has 2 heterocycles. The number of nitrogens with one attached hydrogen (secondary N) is 1. The van der Waals surface area contributed by atoms with Crippen LogP contribution in [0.4, 0.5) is 5.69 Å². The van der Waals surface area contributed by atoms with Gasteiger partial charge in [0, 0.05) is 17.9 Å². The lowest BCUT2D eigenvalue weighted by Gasteiger charge is -2.14. The quantitative estimate of drug-likeness (QED) is 0.455. The predicted molar refractivity (Wildman–Crippen MR) is 124 cm³/mol. The van der Waals surface area contributed by atoms with Crippen LogP contribution in [0.3, 0.4) is 0 Å². The molecule has 154 valence electrons. The molecular weight excluding hydrogens is 414 g/mol. The molecule has 7 heteroatoms. The van der Waals surface area contributed by atoms with Gasteiger partial charge in [-0.05, 0) is 43.2 Å². The fraction of sp³-hybridized carbons (Fsp3) is 0.261. The summed E-state index contributed by atoms with van der Waals surface area (Å²) in [6, 6.07) is 15.6. The highest BCUT2D eigenvalue weighted by atomic mass is 32.2. The third kappa shape index (κ3) is 4.47. The molecule has 0 bridgehead atoms. The molecule has 1 aliphatic heterocycles. The molecule has 5 nitrogen and oxygen atoms in total. The first-order valence-electron chi connectivity index (χ1n) is 9.92. The van der Waals surface area contributed by atoms with Crippen molar-refractivity contribution in [3.8, 4) is 5.69 Å². The van der Waals surface area contributed by atoms with Gasteiger partial charge >= 0.3 is 0 Å². The normalized spacial score (nSPS) is 12.6. The number of thioether (sulfide) groups is 2. The molecule has 0 radical (unpaired) electrons. The Labute approximate surface area is 184 Å². The van der Waals surface area contributed by atoms with Crippen LogP contribution in [0, 0.1) is 6.92 Å². The van der Waals surface area contributed by atoms with Crippen LogP contribution in [0.5, 0.6) is 0 Å². The summed E-state index contributed by atoms with van der Waals surface area (Å²) in [6.07, 6.45) is 1.75. The number of carbonyl (C=O) groups excluding carboxylic acids is 1. The highest BCUT2D eigenvalue weighted by Gasteiger charge is 2.23. The highest BCUT2D eigenvalue weighted by Crippen LogP contribution is 2.30. The molecule has 0 spiro atoms. The van der Waals surface area contributed by atoms with E-state index in [9.17, 15) is 9.59 Å². The highest BCUT2D eigenvalue weighted by molar-refractivity contribution is 8.00. The molecule has 4 rings (SSSR count). The van der Waals surface area contributed by atoms with E-state index in [1.807, 2.05) is 55.5 Å². The Kier molecular flexibility index (Phi) is 6.29. The van der Waals surface area contributed by atoms with E-state index in [0.717, 1.165) is 46.1 Å². The van der Waals surface area contributed by atoms with Crippen LogP contribution in [-0.4, -0.2) is 27.0 Å². The van der Waals surface area contributed by atoms with E-state index in [-0.39, 0.29) is 17.2 Å². The van der Waals surface area contributed by atoms with Crippen LogP contribution in [0.2, 0.25) is 0 Å². The smallest absolute Gasteiger partial charge is 0.272 e. The summed E-state index contributed by atoms with van der Waals surface area (Å²) in [6.45, 7) is 4.11. The van der Waals surface area contributed by atoms with Crippen LogP contribution in [0.15, 0.2) is 63.4 Å². The number of nitrogens with zero attached hydrogens (tertiary/aromatic N) is 2. The summed E-state index contributed by atoms with van der Waals surface area (Å²) < 4.78 is 1.63. The van der Waals surface area contributed by atoms with Gasteiger partial charge < -0.3 is 5.32 Å². The third-order valence-electron chi connectivity index (χ3n) is 4.94. The van der Waals surface area contributed by atoms with Gasteiger partial charge in [0.05, 0.1) is 22.0 Å². The van der Waals surface area contributed by atoms with Gasteiger partial charge in [-0.2, -0.15) is 0 Å². The Bertz CT molecular complexity index is 1120. The van der Waals surface area contributed by atoms with Crippen molar-refractivity contribution in [1.82, 2.24) is 9.55 Å². The van der Waals surface area contributed by atoms with Gasteiger partial charge in [0.25, 0.3) is 5.56 Å². The second-order valence-electron chi connectivity index (χ2n) is 7.13. The van der Waals surface area contributed by atoms with E-state index in [1.54, 1.807) is 16.3 Å². The summed E-state index contributed by atoms with van der Waals surface area (Å²) >= 11 is 2.85. The fourth-order valence-corrected chi connectivity index (χ4v) is 5.11. The largest absolute Gasteiger partial charge is 0.325 e. The van der Waals surface area contributed by atoms with E-state index >= 15 is 0 Å². The molecule has 3 aromatic rings. The van der Waals surface area contributed by atoms with Crippen LogP contribution < -0.4 is 10.9 Å². The molecule has 0 fully saturated rings. The van der Waals surface area contributed by atoms with E-state index in [2.05, 4.69) is 12.2 Å². The van der Waals surface area contributed by atoms with Crippen LogP contribution >= 0.6 is 23.5 Å². The standard InChI is InChI=1S/C23H23N3O2S2/c1-3-16-6-8-17(9-7-16)24-20(27)14-30-23-25-19-12-13-29-21(19)22(28)26(23)18-10-4-15(2)5-11-18/h4-11H,3,12-14H2,1-2H3,(H,24,27). The van der Waals surface area contributed by atoms with E-state index in [1.165, 1.54) is 17.3 Å². The molecule has 1 amide bonds. The second-order valence-corrected chi connectivity index (χ2v) is 9.18. The van der Waals surface area contributed by atoms with Crippen LogP contribution in [0.1, 0.15) is 23.7 Å². The number of anilines is 1. The fourth-order valence-electron chi connectivity index (χ4n) is 3.26. The van der Waals surface area contributed by atoms with Gasteiger partial charge in [0.2, 0.25) is 5.91 Å². The van der Waals surface area contributed by atoms with Gasteiger partial charge in [0.15, 0.2) is 5.16 Å². The number of aromatic nitrogens is 2. The minimum absolute atomic E-state index is 0.0515. The first-order chi connectivity index (χ1) is 14.5. The molecule has 0 saturated carbocycles. The minimum Gasteiger partial charge on any atom is -0.325 e. The Hall–Kier alpha value is -2.51. The van der Waals surface area contributed by atoms with Gasteiger partial charge in [-0.15, -0.1) is 11.8 Å². The van der Waals surface area contributed by atoms with E-state index in [4.69, 9.17) is 4.98 Å². The number of rotatable bonds is 6. The Morgan fingerprint density at radius 1 is 1.17 bits per heavy atom. The molecule has 2 aromatic carbocycles. The predicted octanol–water partition coefficient (Wildman–Crippen LogP) is 4.48. The van der Waals surface area contributed by atoms with Crippen LogP contribution in [0.25, 0.3) is 5.69 Å². The summed E-state index contributed by atoms with van der Waals surface area (Å²) in [5, 5.41) is 3.48. The lowest BCUT2D eigenvalue weighted by atomic mass is 10.1. The summed E-state index contributed by atoms with van der Waals surface area (Å²) in [7, 11) is 0. The van der Waals surface area contributed by atoms with E-state index in [0.29, 0.717) is 5.16 Å². The average molecular weight is 438 g/mol. The summed E-state index contributed by atoms with van der Waals surface area (Å²) in [5.74, 6) is 0.928. The first kappa shape index (κ1) is 20.8. The van der Waals surface area contributed by atoms with Crippen molar-refractivity contribution >= 4 is 35.1 Å². The number of carbonyl (C=O) groups is 1. The number of aryl methyl sites for hydroxylation is 3. The Balaban J connectivity index is 1.57. The molecule has 1 aliphatic rings. The van der Waals surface area contributed by atoms with Crippen molar-refractivity contribution in [1.29, 1.82) is 0 Å². The Morgan fingerprint density at radius 3 is 2.60 bits per heavy atom. The van der Waals surface area contributed by atoms with E-state index < -0.39 is 0 Å². The number of benzene rings is 2. The average Bonchev–Trinajstić information content (AvgIpc) is 3.23. The molecule has 1 aromatic heterocycles. The monoisotopic (exact) mass is 437 g/mol. The lowest BCUT2D eigenvalue weighted by Crippen LogP contribution is -2.24. The van der Waals surface area contributed by atoms with Gasteiger partial charge in [-0.1, -0.05) is 48.5 Å². The molecule has 0 saturated heterocycles. The molecule has 1 N–H and O–H groups in total. The van der Waals surface area contributed by atoms with Crippen molar-refractivity contribution in [2.75, 3.05) is 16.8 Å². The zero-order chi connectivity index (χ0) is 21.1. The molecule has 0 atom stereocenters. The van der Waals surface area contributed by atoms with Crippen molar-refractivity contribution in [2.24, 2.45) is 0 Å². The van der Waals surface area contributed by atoms with Crippen molar-refractivity contribution in [2.45, 2.75) is 36.7 Å². The zero-order valence-electron chi connectivity index (χ0n) is 17.0. The number of hydrogen-bond donors (Lipinski definition) is 1. The number of hydrogen-bond acceptors (Lipinski definition) is 5. The second kappa shape index (κ2) is 9.10. The van der Waals surface area contributed by atoms with Crippen molar-refractivity contribution < 1.29 is 4.79 Å². The molecule has 0 aliphatic carbocycles. The zero-order valence-corrected chi connectivity index (χ0v) is 18.6. The maximum absolute atomic E-state index is 13.2.